The van der Waals surface area contributed by atoms with Gasteiger partial charge in [-0.3, -0.25) is 4.98 Å². The zero-order valence-electron chi connectivity index (χ0n) is 15.8. The summed E-state index contributed by atoms with van der Waals surface area (Å²) in [6, 6.07) is 15.5. The van der Waals surface area contributed by atoms with E-state index in [1.807, 2.05) is 55.6 Å². The Morgan fingerprint density at radius 3 is 2.93 bits per heavy atom. The molecule has 0 unspecified atom stereocenters. The van der Waals surface area contributed by atoms with Gasteiger partial charge in [0.25, 0.3) is 0 Å². The maximum Gasteiger partial charge on any atom is 0.148 e. The quantitative estimate of drug-likeness (QED) is 0.471. The fraction of sp³-hybridized carbons (Fsp3) is 0.0870. The smallest absolute Gasteiger partial charge is 0.148 e. The second-order valence-electron chi connectivity index (χ2n) is 6.62. The van der Waals surface area contributed by atoms with E-state index < -0.39 is 0 Å². The van der Waals surface area contributed by atoms with E-state index in [2.05, 4.69) is 26.3 Å². The number of aromatic nitrogens is 3. The van der Waals surface area contributed by atoms with Crippen molar-refractivity contribution in [3.05, 3.63) is 82.9 Å². The van der Waals surface area contributed by atoms with Crippen LogP contribution in [0.15, 0.2) is 54.9 Å². The summed E-state index contributed by atoms with van der Waals surface area (Å²) in [6.45, 7) is 1.94. The molecule has 4 rings (SSSR count). The zero-order valence-corrected chi connectivity index (χ0v) is 15.8. The third-order valence-electron chi connectivity index (χ3n) is 4.72. The van der Waals surface area contributed by atoms with Crippen LogP contribution in [0.4, 0.5) is 11.5 Å². The van der Waals surface area contributed by atoms with Gasteiger partial charge in [0.2, 0.25) is 0 Å². The highest BCUT2D eigenvalue weighted by Gasteiger charge is 2.09. The number of aromatic amines is 1. The Bertz CT molecular complexity index is 1250. The zero-order chi connectivity index (χ0) is 20.2. The van der Waals surface area contributed by atoms with E-state index in [4.69, 9.17) is 0 Å². The van der Waals surface area contributed by atoms with Crippen molar-refractivity contribution in [3.8, 4) is 6.07 Å². The second-order valence-corrected chi connectivity index (χ2v) is 6.62. The van der Waals surface area contributed by atoms with Gasteiger partial charge in [0.15, 0.2) is 0 Å². The number of anilines is 2. The van der Waals surface area contributed by atoms with Crippen molar-refractivity contribution in [2.75, 3.05) is 5.32 Å². The largest absolute Gasteiger partial charge is 0.390 e. The molecule has 3 heterocycles. The molecule has 0 spiro atoms. The summed E-state index contributed by atoms with van der Waals surface area (Å²) in [7, 11) is 0. The van der Waals surface area contributed by atoms with Crippen molar-refractivity contribution in [2.24, 2.45) is 0 Å². The number of pyridine rings is 2. The first-order valence-electron chi connectivity index (χ1n) is 9.16. The summed E-state index contributed by atoms with van der Waals surface area (Å²) in [5.74, 6) is 0.517. The average Bonchev–Trinajstić information content (AvgIpc) is 3.24. The first-order chi connectivity index (χ1) is 14.2. The van der Waals surface area contributed by atoms with Crippen LogP contribution in [0.1, 0.15) is 28.1 Å². The molecule has 4 aromatic rings. The van der Waals surface area contributed by atoms with Gasteiger partial charge in [-0.05, 0) is 60.5 Å². The first-order valence-corrected chi connectivity index (χ1v) is 9.16. The number of nitriles is 1. The molecule has 6 nitrogen and oxygen atoms in total. The summed E-state index contributed by atoms with van der Waals surface area (Å²) in [4.78, 5) is 12.0. The highest BCUT2D eigenvalue weighted by molar-refractivity contribution is 5.88. The molecule has 0 aliphatic heterocycles. The van der Waals surface area contributed by atoms with Gasteiger partial charge in [-0.25, -0.2) is 4.98 Å². The van der Waals surface area contributed by atoms with E-state index in [1.165, 1.54) is 0 Å². The SMILES string of the molecule is Cc1c(Nc2ncc(/C=C/c3cccc(CO)n3)cc2C#N)ccc2[nH]ccc12. The second kappa shape index (κ2) is 7.97. The monoisotopic (exact) mass is 381 g/mol. The van der Waals surface area contributed by atoms with Crippen LogP contribution in [0.25, 0.3) is 23.1 Å². The Balaban J connectivity index is 1.60. The molecule has 142 valence electrons. The van der Waals surface area contributed by atoms with Gasteiger partial charge < -0.3 is 15.4 Å². The summed E-state index contributed by atoms with van der Waals surface area (Å²) in [5, 5.41) is 23.2. The van der Waals surface area contributed by atoms with Gasteiger partial charge in [0.05, 0.1) is 23.6 Å². The molecule has 0 saturated heterocycles. The van der Waals surface area contributed by atoms with Crippen molar-refractivity contribution in [2.45, 2.75) is 13.5 Å². The van der Waals surface area contributed by atoms with Crippen LogP contribution in [0, 0.1) is 18.3 Å². The molecule has 0 saturated carbocycles. The number of fused-ring (bicyclic) bond motifs is 1. The fourth-order valence-electron chi connectivity index (χ4n) is 3.16. The molecule has 0 bridgehead atoms. The van der Waals surface area contributed by atoms with E-state index in [9.17, 15) is 10.4 Å². The number of nitrogens with zero attached hydrogens (tertiary/aromatic N) is 3. The standard InChI is InChI=1S/C23H19N5O/c1-15-20-9-10-25-22(20)8-7-21(15)28-23-17(12-24)11-16(13-26-23)5-6-18-3-2-4-19(14-29)27-18/h2-11,13,25,29H,14H2,1H3,(H,26,28)/b6-5+. The van der Waals surface area contributed by atoms with Crippen molar-refractivity contribution >= 4 is 34.6 Å². The normalized spacial score (nSPS) is 11.1. The molecular weight excluding hydrogens is 362 g/mol. The van der Waals surface area contributed by atoms with Gasteiger partial charge in [-0.1, -0.05) is 12.1 Å². The lowest BCUT2D eigenvalue weighted by Crippen LogP contribution is -1.99. The number of hydrogen-bond donors (Lipinski definition) is 3. The number of aliphatic hydroxyl groups is 1. The number of H-pyrrole nitrogens is 1. The van der Waals surface area contributed by atoms with E-state index in [0.29, 0.717) is 17.1 Å². The van der Waals surface area contributed by atoms with Gasteiger partial charge >= 0.3 is 0 Å². The number of aliphatic hydroxyl groups excluding tert-OH is 1. The lowest BCUT2D eigenvalue weighted by Gasteiger charge is -2.11. The Labute approximate surface area is 168 Å². The molecule has 29 heavy (non-hydrogen) atoms. The maximum atomic E-state index is 9.58. The minimum Gasteiger partial charge on any atom is -0.390 e. The van der Waals surface area contributed by atoms with Crippen molar-refractivity contribution in [3.63, 3.8) is 0 Å². The fourth-order valence-corrected chi connectivity index (χ4v) is 3.16. The molecule has 6 heteroatoms. The number of rotatable bonds is 5. The van der Waals surface area contributed by atoms with Crippen LogP contribution in [-0.2, 0) is 6.61 Å². The van der Waals surface area contributed by atoms with E-state index in [-0.39, 0.29) is 6.61 Å². The summed E-state index contributed by atoms with van der Waals surface area (Å²) in [5.41, 5.74) is 5.66. The molecule has 0 radical (unpaired) electrons. The maximum absolute atomic E-state index is 9.58. The van der Waals surface area contributed by atoms with Gasteiger partial charge in [0, 0.05) is 29.0 Å². The van der Waals surface area contributed by atoms with Crippen molar-refractivity contribution < 1.29 is 5.11 Å². The lowest BCUT2D eigenvalue weighted by molar-refractivity contribution is 0.277. The third kappa shape index (κ3) is 3.86. The van der Waals surface area contributed by atoms with Crippen LogP contribution in [-0.4, -0.2) is 20.1 Å². The molecule has 1 aromatic carbocycles. The average molecular weight is 381 g/mol. The highest BCUT2D eigenvalue weighted by Crippen LogP contribution is 2.28. The van der Waals surface area contributed by atoms with Gasteiger partial charge in [0.1, 0.15) is 11.9 Å². The predicted molar refractivity (Wildman–Crippen MR) is 114 cm³/mol. The Morgan fingerprint density at radius 2 is 2.10 bits per heavy atom. The van der Waals surface area contributed by atoms with Crippen LogP contribution < -0.4 is 5.32 Å². The van der Waals surface area contributed by atoms with Crippen LogP contribution >= 0.6 is 0 Å². The molecule has 0 aliphatic rings. The van der Waals surface area contributed by atoms with Crippen LogP contribution in [0.3, 0.4) is 0 Å². The topological polar surface area (TPSA) is 97.6 Å². The van der Waals surface area contributed by atoms with Gasteiger partial charge in [-0.15, -0.1) is 0 Å². The number of benzene rings is 1. The van der Waals surface area contributed by atoms with Gasteiger partial charge in [-0.2, -0.15) is 5.26 Å². The van der Waals surface area contributed by atoms with E-state index in [0.717, 1.165) is 33.4 Å². The Kier molecular flexibility index (Phi) is 5.06. The lowest BCUT2D eigenvalue weighted by atomic mass is 10.1. The van der Waals surface area contributed by atoms with E-state index >= 15 is 0 Å². The molecule has 0 aliphatic carbocycles. The molecule has 0 fully saturated rings. The van der Waals surface area contributed by atoms with Crippen LogP contribution in [0.5, 0.6) is 0 Å². The number of hydrogen-bond acceptors (Lipinski definition) is 5. The number of nitrogens with one attached hydrogen (secondary N) is 2. The molecule has 0 atom stereocenters. The summed E-state index contributed by atoms with van der Waals surface area (Å²) < 4.78 is 0. The summed E-state index contributed by atoms with van der Waals surface area (Å²) in [6.07, 6.45) is 7.29. The van der Waals surface area contributed by atoms with Crippen LogP contribution in [0.2, 0.25) is 0 Å². The molecular formula is C23H19N5O. The minimum atomic E-state index is -0.101. The molecule has 3 N–H and O–H groups in total. The minimum absolute atomic E-state index is 0.101. The predicted octanol–water partition coefficient (Wildman–Crippen LogP) is 4.54. The Hall–Kier alpha value is -3.95. The first kappa shape index (κ1) is 18.4. The van der Waals surface area contributed by atoms with Crippen molar-refractivity contribution in [1.29, 1.82) is 5.26 Å². The summed E-state index contributed by atoms with van der Waals surface area (Å²) >= 11 is 0. The molecule has 3 aromatic heterocycles. The highest BCUT2D eigenvalue weighted by atomic mass is 16.3. The van der Waals surface area contributed by atoms with Crippen molar-refractivity contribution in [1.82, 2.24) is 15.0 Å². The third-order valence-corrected chi connectivity index (χ3v) is 4.72. The van der Waals surface area contributed by atoms with E-state index in [1.54, 1.807) is 18.3 Å². The molecule has 0 amide bonds. The Morgan fingerprint density at radius 1 is 1.21 bits per heavy atom. The number of aryl methyl sites for hydroxylation is 1.